The largest absolute Gasteiger partial charge is 0.481 e. The number of rotatable bonds is 4. The van der Waals surface area contributed by atoms with Gasteiger partial charge in [0.2, 0.25) is 0 Å². The van der Waals surface area contributed by atoms with E-state index in [-0.39, 0.29) is 18.5 Å². The van der Waals surface area contributed by atoms with Gasteiger partial charge in [-0.15, -0.1) is 5.10 Å². The summed E-state index contributed by atoms with van der Waals surface area (Å²) in [5, 5.41) is 18.0. The summed E-state index contributed by atoms with van der Waals surface area (Å²) in [7, 11) is 0. The first kappa shape index (κ1) is 17.3. The number of carboxylic acids is 1. The number of carbonyl (C=O) groups is 1. The van der Waals surface area contributed by atoms with Crippen molar-refractivity contribution in [2.75, 3.05) is 18.0 Å². The van der Waals surface area contributed by atoms with Crippen LogP contribution in [0.15, 0.2) is 30.3 Å². The number of halogens is 2. The van der Waals surface area contributed by atoms with Crippen LogP contribution in [0.3, 0.4) is 0 Å². The van der Waals surface area contributed by atoms with Gasteiger partial charge in [0.05, 0.1) is 11.1 Å². The van der Waals surface area contributed by atoms with Crippen LogP contribution in [0.2, 0.25) is 0 Å². The van der Waals surface area contributed by atoms with Crippen LogP contribution in [0.25, 0.3) is 0 Å². The topological polar surface area (TPSA) is 66.3 Å². The fraction of sp³-hybridized carbons (Fsp3) is 0.389. The van der Waals surface area contributed by atoms with Crippen molar-refractivity contribution in [3.8, 4) is 0 Å². The predicted molar refractivity (Wildman–Crippen MR) is 88.3 cm³/mol. The minimum Gasteiger partial charge on any atom is -0.481 e. The maximum absolute atomic E-state index is 14.0. The molecule has 3 rings (SSSR count). The van der Waals surface area contributed by atoms with E-state index >= 15 is 0 Å². The Hall–Kier alpha value is -2.57. The van der Waals surface area contributed by atoms with Crippen LogP contribution in [-0.2, 0) is 11.2 Å². The first-order valence-corrected chi connectivity index (χ1v) is 8.12. The number of aryl methyl sites for hydroxylation is 1. The highest BCUT2D eigenvalue weighted by Gasteiger charge is 2.43. The van der Waals surface area contributed by atoms with Gasteiger partial charge in [0.25, 0.3) is 0 Å². The van der Waals surface area contributed by atoms with Crippen molar-refractivity contribution in [1.29, 1.82) is 0 Å². The van der Waals surface area contributed by atoms with Gasteiger partial charge in [-0.3, -0.25) is 4.79 Å². The van der Waals surface area contributed by atoms with Gasteiger partial charge in [0.1, 0.15) is 11.6 Å². The van der Waals surface area contributed by atoms with Gasteiger partial charge in [-0.25, -0.2) is 8.78 Å². The van der Waals surface area contributed by atoms with Gasteiger partial charge in [-0.1, -0.05) is 6.07 Å². The molecule has 7 heteroatoms. The molecule has 1 saturated heterocycles. The highest BCUT2D eigenvalue weighted by Crippen LogP contribution is 2.36. The Morgan fingerprint density at radius 1 is 1.28 bits per heavy atom. The highest BCUT2D eigenvalue weighted by atomic mass is 19.1. The number of aromatic nitrogens is 2. The molecule has 1 unspecified atom stereocenters. The van der Waals surface area contributed by atoms with Crippen LogP contribution >= 0.6 is 0 Å². The average molecular weight is 347 g/mol. The zero-order valence-electron chi connectivity index (χ0n) is 13.9. The molecule has 1 N–H and O–H groups in total. The zero-order chi connectivity index (χ0) is 18.0. The quantitative estimate of drug-likeness (QED) is 0.921. The van der Waals surface area contributed by atoms with E-state index in [2.05, 4.69) is 10.2 Å². The fourth-order valence-corrected chi connectivity index (χ4v) is 3.31. The first-order chi connectivity index (χ1) is 11.9. The Morgan fingerprint density at radius 2 is 2.08 bits per heavy atom. The third-order valence-electron chi connectivity index (χ3n) is 4.68. The molecule has 25 heavy (non-hydrogen) atoms. The van der Waals surface area contributed by atoms with Crippen molar-refractivity contribution >= 4 is 11.8 Å². The predicted octanol–water partition coefficient (Wildman–Crippen LogP) is 2.98. The zero-order valence-corrected chi connectivity index (χ0v) is 13.9. The van der Waals surface area contributed by atoms with Crippen molar-refractivity contribution in [3.63, 3.8) is 0 Å². The Morgan fingerprint density at radius 3 is 2.72 bits per heavy atom. The van der Waals surface area contributed by atoms with Crippen LogP contribution in [-0.4, -0.2) is 34.4 Å². The third-order valence-corrected chi connectivity index (χ3v) is 4.68. The van der Waals surface area contributed by atoms with Crippen molar-refractivity contribution in [3.05, 3.63) is 53.2 Å². The summed E-state index contributed by atoms with van der Waals surface area (Å²) in [6, 6.07) is 6.88. The summed E-state index contributed by atoms with van der Waals surface area (Å²) in [4.78, 5) is 13.9. The molecule has 0 amide bonds. The molecule has 1 fully saturated rings. The first-order valence-electron chi connectivity index (χ1n) is 8.12. The number of aliphatic carboxylic acids is 1. The normalized spacial score (nSPS) is 20.5. The number of anilines is 1. The molecule has 0 aliphatic carbocycles. The van der Waals surface area contributed by atoms with E-state index in [9.17, 15) is 18.7 Å². The molecule has 0 bridgehead atoms. The Labute approximate surface area is 144 Å². The van der Waals surface area contributed by atoms with Crippen LogP contribution < -0.4 is 4.90 Å². The lowest BCUT2D eigenvalue weighted by molar-refractivity contribution is -0.149. The molecule has 0 saturated carbocycles. The summed E-state index contributed by atoms with van der Waals surface area (Å²) in [6.45, 7) is 2.70. The van der Waals surface area contributed by atoms with E-state index in [1.165, 1.54) is 6.07 Å². The van der Waals surface area contributed by atoms with Gasteiger partial charge in [0, 0.05) is 19.2 Å². The molecule has 2 aromatic rings. The number of carboxylic acid groups (broad SMARTS) is 1. The maximum Gasteiger partial charge on any atom is 0.311 e. The molecule has 5 nitrogen and oxygen atoms in total. The Balaban J connectivity index is 1.88. The summed E-state index contributed by atoms with van der Waals surface area (Å²) in [5.74, 6) is -1.77. The molecule has 1 aliphatic rings. The monoisotopic (exact) mass is 347 g/mol. The van der Waals surface area contributed by atoms with Gasteiger partial charge >= 0.3 is 5.97 Å². The second-order valence-corrected chi connectivity index (χ2v) is 6.56. The number of piperidine rings is 1. The fourth-order valence-electron chi connectivity index (χ4n) is 3.31. The summed E-state index contributed by atoms with van der Waals surface area (Å²) in [5.41, 5.74) is -0.164. The van der Waals surface area contributed by atoms with Gasteiger partial charge in [0.15, 0.2) is 5.82 Å². The van der Waals surface area contributed by atoms with Crippen LogP contribution in [0.1, 0.15) is 24.1 Å². The molecule has 132 valence electrons. The van der Waals surface area contributed by atoms with Crippen molar-refractivity contribution in [2.24, 2.45) is 5.41 Å². The molecular formula is C18H19F2N3O2. The molecule has 1 aromatic carbocycles. The minimum atomic E-state index is -1.15. The van der Waals surface area contributed by atoms with Crippen LogP contribution in [0.4, 0.5) is 14.6 Å². The van der Waals surface area contributed by atoms with Crippen molar-refractivity contribution < 1.29 is 18.7 Å². The second kappa shape index (κ2) is 6.74. The lowest BCUT2D eigenvalue weighted by Gasteiger charge is -2.40. The van der Waals surface area contributed by atoms with Crippen LogP contribution in [0, 0.1) is 24.0 Å². The summed E-state index contributed by atoms with van der Waals surface area (Å²) >= 11 is 0. The number of nitrogens with zero attached hydrogens (tertiary/aromatic N) is 3. The van der Waals surface area contributed by atoms with E-state index in [1.54, 1.807) is 6.07 Å². The summed E-state index contributed by atoms with van der Waals surface area (Å²) in [6.07, 6.45) is 1.07. The second-order valence-electron chi connectivity index (χ2n) is 6.56. The minimum absolute atomic E-state index is 0.00420. The molecule has 0 radical (unpaired) electrons. The Bertz CT molecular complexity index is 782. The number of hydrogen-bond donors (Lipinski definition) is 1. The molecule has 1 aromatic heterocycles. The average Bonchev–Trinajstić information content (AvgIpc) is 2.58. The van der Waals surface area contributed by atoms with E-state index in [0.29, 0.717) is 25.2 Å². The lowest BCUT2D eigenvalue weighted by atomic mass is 9.75. The SMILES string of the molecule is Cc1ccc(N2CCCC(Cc3ccc(F)cc3F)(C(=O)O)C2)nn1. The van der Waals surface area contributed by atoms with Crippen molar-refractivity contribution in [1.82, 2.24) is 10.2 Å². The molecule has 1 aliphatic heterocycles. The molecule has 1 atom stereocenters. The van der Waals surface area contributed by atoms with Crippen LogP contribution in [0.5, 0.6) is 0 Å². The molecular weight excluding hydrogens is 328 g/mol. The van der Waals surface area contributed by atoms with E-state index in [4.69, 9.17) is 0 Å². The number of benzene rings is 1. The molecule has 0 spiro atoms. The Kier molecular flexibility index (Phi) is 4.65. The van der Waals surface area contributed by atoms with Crippen molar-refractivity contribution in [2.45, 2.75) is 26.2 Å². The smallest absolute Gasteiger partial charge is 0.311 e. The summed E-state index contributed by atoms with van der Waals surface area (Å²) < 4.78 is 27.2. The number of hydrogen-bond acceptors (Lipinski definition) is 4. The van der Waals surface area contributed by atoms with Gasteiger partial charge in [-0.2, -0.15) is 5.10 Å². The standard InChI is InChI=1S/C18H19F2N3O2/c1-12-3-6-16(22-21-12)23-8-2-7-18(11-23,17(24)25)10-13-4-5-14(19)9-15(13)20/h3-6,9H,2,7-8,10-11H2,1H3,(H,24,25). The van der Waals surface area contributed by atoms with Gasteiger partial charge < -0.3 is 10.0 Å². The van der Waals surface area contributed by atoms with E-state index in [1.807, 2.05) is 17.9 Å². The van der Waals surface area contributed by atoms with E-state index < -0.39 is 23.0 Å². The van der Waals surface area contributed by atoms with Gasteiger partial charge in [-0.05, 0) is 49.9 Å². The third kappa shape index (κ3) is 3.60. The maximum atomic E-state index is 14.0. The molecule has 2 heterocycles. The highest BCUT2D eigenvalue weighted by molar-refractivity contribution is 5.76. The lowest BCUT2D eigenvalue weighted by Crippen LogP contribution is -2.49. The van der Waals surface area contributed by atoms with E-state index in [0.717, 1.165) is 17.8 Å².